The van der Waals surface area contributed by atoms with Gasteiger partial charge in [0.15, 0.2) is 17.3 Å². The van der Waals surface area contributed by atoms with Crippen LogP contribution < -0.4 is 9.47 Å². The average Bonchev–Trinajstić information content (AvgIpc) is 3.29. The molecule has 1 saturated heterocycles. The van der Waals surface area contributed by atoms with Crippen LogP contribution in [0.5, 0.6) is 11.5 Å². The Bertz CT molecular complexity index is 717. The third-order valence-electron chi connectivity index (χ3n) is 4.99. The number of rotatable bonds is 6. The lowest BCUT2D eigenvalue weighted by molar-refractivity contribution is 0.170. The van der Waals surface area contributed by atoms with Crippen molar-refractivity contribution in [1.82, 2.24) is 25.1 Å². The Labute approximate surface area is 147 Å². The van der Waals surface area contributed by atoms with E-state index in [0.29, 0.717) is 19.3 Å². The summed E-state index contributed by atoms with van der Waals surface area (Å²) in [6, 6.07) is 6.71. The summed E-state index contributed by atoms with van der Waals surface area (Å²) in [6.45, 7) is 6.18. The first-order valence-corrected chi connectivity index (χ1v) is 9.24. The number of ether oxygens (including phenoxy) is 2. The maximum Gasteiger partial charge on any atom is 0.165 e. The normalized spacial score (nSPS) is 20.1. The SMILES string of the molecule is CCCCn1nnnc1CN1CCC[C@@H]1c1ccc2c(c1)OCCO2. The summed E-state index contributed by atoms with van der Waals surface area (Å²) < 4.78 is 13.3. The van der Waals surface area contributed by atoms with Gasteiger partial charge >= 0.3 is 0 Å². The highest BCUT2D eigenvalue weighted by Crippen LogP contribution is 2.38. The van der Waals surface area contributed by atoms with Gasteiger partial charge in [0.2, 0.25) is 0 Å². The molecule has 4 rings (SSSR count). The van der Waals surface area contributed by atoms with Gasteiger partial charge in [-0.3, -0.25) is 4.90 Å². The van der Waals surface area contributed by atoms with Gasteiger partial charge in [0.25, 0.3) is 0 Å². The second kappa shape index (κ2) is 7.39. The molecule has 0 N–H and O–H groups in total. The molecule has 0 saturated carbocycles. The van der Waals surface area contributed by atoms with Crippen LogP contribution in [0.4, 0.5) is 0 Å². The van der Waals surface area contributed by atoms with Gasteiger partial charge in [0.05, 0.1) is 6.54 Å². The predicted octanol–water partition coefficient (Wildman–Crippen LogP) is 2.58. The second-order valence-corrected chi connectivity index (χ2v) is 6.70. The van der Waals surface area contributed by atoms with Crippen molar-refractivity contribution < 1.29 is 9.47 Å². The first kappa shape index (κ1) is 16.3. The van der Waals surface area contributed by atoms with E-state index in [4.69, 9.17) is 9.47 Å². The molecule has 1 aromatic carbocycles. The van der Waals surface area contributed by atoms with Crippen molar-refractivity contribution in [2.45, 2.75) is 51.7 Å². The summed E-state index contributed by atoms with van der Waals surface area (Å²) in [4.78, 5) is 2.47. The minimum absolute atomic E-state index is 0.382. The quantitative estimate of drug-likeness (QED) is 0.803. The zero-order chi connectivity index (χ0) is 17.1. The van der Waals surface area contributed by atoms with E-state index in [2.05, 4.69) is 39.5 Å². The summed E-state index contributed by atoms with van der Waals surface area (Å²) >= 11 is 0. The molecule has 0 radical (unpaired) electrons. The van der Waals surface area contributed by atoms with Gasteiger partial charge in [0, 0.05) is 12.6 Å². The number of likely N-dealkylation sites (tertiary alicyclic amines) is 1. The van der Waals surface area contributed by atoms with Gasteiger partial charge in [-0.15, -0.1) is 5.10 Å². The van der Waals surface area contributed by atoms with Crippen molar-refractivity contribution in [3.8, 4) is 11.5 Å². The summed E-state index contributed by atoms with van der Waals surface area (Å²) in [6.07, 6.45) is 4.58. The summed E-state index contributed by atoms with van der Waals surface area (Å²) in [7, 11) is 0. The van der Waals surface area contributed by atoms with Gasteiger partial charge in [-0.25, -0.2) is 4.68 Å². The highest BCUT2D eigenvalue weighted by molar-refractivity contribution is 5.44. The third-order valence-corrected chi connectivity index (χ3v) is 4.99. The highest BCUT2D eigenvalue weighted by atomic mass is 16.6. The Morgan fingerprint density at radius 1 is 1.20 bits per heavy atom. The smallest absolute Gasteiger partial charge is 0.165 e. The van der Waals surface area contributed by atoms with Crippen molar-refractivity contribution >= 4 is 0 Å². The Balaban J connectivity index is 1.50. The fourth-order valence-electron chi connectivity index (χ4n) is 3.66. The molecule has 0 spiro atoms. The molecule has 25 heavy (non-hydrogen) atoms. The van der Waals surface area contributed by atoms with E-state index in [1.807, 2.05) is 10.7 Å². The predicted molar refractivity (Wildman–Crippen MR) is 92.5 cm³/mol. The van der Waals surface area contributed by atoms with E-state index in [0.717, 1.165) is 56.2 Å². The molecule has 0 amide bonds. The number of fused-ring (bicyclic) bond motifs is 1. The van der Waals surface area contributed by atoms with Crippen LogP contribution in [0, 0.1) is 0 Å². The van der Waals surface area contributed by atoms with Gasteiger partial charge in [-0.05, 0) is 53.9 Å². The zero-order valence-electron chi connectivity index (χ0n) is 14.7. The molecular formula is C18H25N5O2. The summed E-state index contributed by atoms with van der Waals surface area (Å²) in [5, 5.41) is 12.3. The molecule has 1 atom stereocenters. The van der Waals surface area contributed by atoms with Crippen molar-refractivity contribution in [1.29, 1.82) is 0 Å². The van der Waals surface area contributed by atoms with E-state index in [-0.39, 0.29) is 0 Å². The fraction of sp³-hybridized carbons (Fsp3) is 0.611. The van der Waals surface area contributed by atoms with Crippen LogP contribution in [0.25, 0.3) is 0 Å². The van der Waals surface area contributed by atoms with Gasteiger partial charge in [0.1, 0.15) is 13.2 Å². The monoisotopic (exact) mass is 343 g/mol. The van der Waals surface area contributed by atoms with E-state index in [1.54, 1.807) is 0 Å². The molecule has 2 aliphatic rings. The molecule has 1 fully saturated rings. The standard InChI is InChI=1S/C18H25N5O2/c1-2-3-9-23-18(19-20-21-23)13-22-8-4-5-15(22)14-6-7-16-17(12-14)25-11-10-24-16/h6-7,12,15H,2-5,8-11,13H2,1H3/t15-/m1/s1. The van der Waals surface area contributed by atoms with Crippen LogP contribution in [0.1, 0.15) is 50.0 Å². The fourth-order valence-corrected chi connectivity index (χ4v) is 3.66. The van der Waals surface area contributed by atoms with E-state index >= 15 is 0 Å². The molecule has 0 bridgehead atoms. The van der Waals surface area contributed by atoms with Crippen molar-refractivity contribution in [3.63, 3.8) is 0 Å². The third kappa shape index (κ3) is 3.46. The molecule has 0 aliphatic carbocycles. The van der Waals surface area contributed by atoms with Crippen LogP contribution >= 0.6 is 0 Å². The minimum atomic E-state index is 0.382. The Morgan fingerprint density at radius 3 is 2.96 bits per heavy atom. The van der Waals surface area contributed by atoms with Crippen LogP contribution in [-0.2, 0) is 13.1 Å². The molecule has 2 aromatic rings. The second-order valence-electron chi connectivity index (χ2n) is 6.70. The molecule has 7 heteroatoms. The number of unbranched alkanes of at least 4 members (excludes halogenated alkanes) is 1. The summed E-state index contributed by atoms with van der Waals surface area (Å²) in [5.74, 6) is 2.67. The van der Waals surface area contributed by atoms with Crippen LogP contribution in [0.2, 0.25) is 0 Å². The first-order chi connectivity index (χ1) is 12.3. The Hall–Kier alpha value is -2.15. The van der Waals surface area contributed by atoms with Gasteiger partial charge in [-0.2, -0.15) is 0 Å². The van der Waals surface area contributed by atoms with Crippen molar-refractivity contribution in [2.75, 3.05) is 19.8 Å². The number of nitrogens with zero attached hydrogens (tertiary/aromatic N) is 5. The zero-order valence-corrected chi connectivity index (χ0v) is 14.7. The van der Waals surface area contributed by atoms with Gasteiger partial charge < -0.3 is 9.47 Å². The van der Waals surface area contributed by atoms with E-state index < -0.39 is 0 Å². The van der Waals surface area contributed by atoms with Crippen molar-refractivity contribution in [2.24, 2.45) is 0 Å². The molecular weight excluding hydrogens is 318 g/mol. The number of aryl methyl sites for hydroxylation is 1. The minimum Gasteiger partial charge on any atom is -0.486 e. The number of hydrogen-bond acceptors (Lipinski definition) is 6. The maximum atomic E-state index is 5.75. The maximum absolute atomic E-state index is 5.75. The number of hydrogen-bond donors (Lipinski definition) is 0. The highest BCUT2D eigenvalue weighted by Gasteiger charge is 2.28. The number of tetrazole rings is 1. The molecule has 2 aliphatic heterocycles. The lowest BCUT2D eigenvalue weighted by atomic mass is 10.0. The van der Waals surface area contributed by atoms with Crippen LogP contribution in [0.3, 0.4) is 0 Å². The lowest BCUT2D eigenvalue weighted by Gasteiger charge is -2.26. The lowest BCUT2D eigenvalue weighted by Crippen LogP contribution is -2.25. The largest absolute Gasteiger partial charge is 0.486 e. The summed E-state index contributed by atoms with van der Waals surface area (Å²) in [5.41, 5.74) is 1.29. The Morgan fingerprint density at radius 2 is 2.08 bits per heavy atom. The van der Waals surface area contributed by atoms with Crippen molar-refractivity contribution in [3.05, 3.63) is 29.6 Å². The topological polar surface area (TPSA) is 65.3 Å². The van der Waals surface area contributed by atoms with Crippen LogP contribution in [-0.4, -0.2) is 44.9 Å². The molecule has 0 unspecified atom stereocenters. The van der Waals surface area contributed by atoms with Crippen LogP contribution in [0.15, 0.2) is 18.2 Å². The number of benzene rings is 1. The molecule has 7 nitrogen and oxygen atoms in total. The van der Waals surface area contributed by atoms with E-state index in [1.165, 1.54) is 12.0 Å². The first-order valence-electron chi connectivity index (χ1n) is 9.24. The molecule has 3 heterocycles. The van der Waals surface area contributed by atoms with E-state index in [9.17, 15) is 0 Å². The molecule has 134 valence electrons. The van der Waals surface area contributed by atoms with Gasteiger partial charge in [-0.1, -0.05) is 19.4 Å². The molecule has 1 aromatic heterocycles. The Kier molecular flexibility index (Phi) is 4.83. The number of aromatic nitrogens is 4. The average molecular weight is 343 g/mol.